The number of rotatable bonds is 6. The van der Waals surface area contributed by atoms with Crippen LogP contribution in [0.1, 0.15) is 33.1 Å². The molecule has 1 aliphatic rings. The second kappa shape index (κ2) is 8.79. The van der Waals surface area contributed by atoms with E-state index in [9.17, 15) is 4.79 Å². The van der Waals surface area contributed by atoms with Crippen molar-refractivity contribution in [2.45, 2.75) is 45.3 Å². The Bertz CT molecular complexity index is 194. The van der Waals surface area contributed by atoms with Gasteiger partial charge in [-0.15, -0.1) is 12.4 Å². The molecule has 0 bridgehead atoms. The summed E-state index contributed by atoms with van der Waals surface area (Å²) < 4.78 is 5.38. The van der Waals surface area contributed by atoms with Crippen LogP contribution in [-0.4, -0.2) is 37.7 Å². The minimum absolute atomic E-state index is 0. The Hall–Kier alpha value is -0.320. The molecule has 16 heavy (non-hydrogen) atoms. The number of carbonyl (C=O) groups is 1. The van der Waals surface area contributed by atoms with Crippen molar-refractivity contribution in [1.82, 2.24) is 10.6 Å². The van der Waals surface area contributed by atoms with E-state index in [1.165, 1.54) is 0 Å². The quantitative estimate of drug-likeness (QED) is 0.694. The normalized spacial score (nSPS) is 19.6. The third kappa shape index (κ3) is 6.30. The molecule has 0 aromatic heterocycles. The van der Waals surface area contributed by atoms with Crippen LogP contribution in [0.15, 0.2) is 0 Å². The van der Waals surface area contributed by atoms with E-state index in [-0.39, 0.29) is 30.5 Å². The Balaban J connectivity index is 0.00000225. The first-order valence-corrected chi connectivity index (χ1v) is 5.83. The summed E-state index contributed by atoms with van der Waals surface area (Å²) in [7, 11) is 0. The summed E-state index contributed by atoms with van der Waals surface area (Å²) >= 11 is 0. The second-order valence-electron chi connectivity index (χ2n) is 4.21. The van der Waals surface area contributed by atoms with E-state index in [1.807, 2.05) is 13.8 Å². The van der Waals surface area contributed by atoms with Crippen LogP contribution in [0.3, 0.4) is 0 Å². The van der Waals surface area contributed by atoms with Gasteiger partial charge in [0.2, 0.25) is 5.91 Å². The van der Waals surface area contributed by atoms with Gasteiger partial charge in [-0.1, -0.05) is 0 Å². The van der Waals surface area contributed by atoms with Crippen LogP contribution >= 0.6 is 12.4 Å². The molecule has 0 spiro atoms. The molecule has 0 aromatic rings. The highest BCUT2D eigenvalue weighted by Crippen LogP contribution is 2.04. The molecule has 0 radical (unpaired) electrons. The maximum atomic E-state index is 11.5. The van der Waals surface area contributed by atoms with Gasteiger partial charge in [-0.05, 0) is 39.7 Å². The number of carbonyl (C=O) groups excluding carboxylic acids is 1. The lowest BCUT2D eigenvalue weighted by atomic mass is 10.2. The summed E-state index contributed by atoms with van der Waals surface area (Å²) in [5, 5.41) is 6.09. The number of halogens is 1. The van der Waals surface area contributed by atoms with Gasteiger partial charge in [-0.2, -0.15) is 0 Å². The van der Waals surface area contributed by atoms with E-state index in [4.69, 9.17) is 4.74 Å². The topological polar surface area (TPSA) is 50.4 Å². The Morgan fingerprint density at radius 2 is 2.31 bits per heavy atom. The van der Waals surface area contributed by atoms with Crippen molar-refractivity contribution in [3.05, 3.63) is 0 Å². The summed E-state index contributed by atoms with van der Waals surface area (Å²) in [6, 6.07) is 0.0380. The van der Waals surface area contributed by atoms with Crippen molar-refractivity contribution in [3.8, 4) is 0 Å². The Morgan fingerprint density at radius 3 is 2.88 bits per heavy atom. The maximum Gasteiger partial charge on any atom is 0.237 e. The van der Waals surface area contributed by atoms with Crippen LogP contribution in [0.5, 0.6) is 0 Å². The van der Waals surface area contributed by atoms with Gasteiger partial charge >= 0.3 is 0 Å². The van der Waals surface area contributed by atoms with Crippen LogP contribution in [0, 0.1) is 0 Å². The molecule has 1 fully saturated rings. The maximum absolute atomic E-state index is 11.5. The van der Waals surface area contributed by atoms with E-state index in [2.05, 4.69) is 10.6 Å². The first kappa shape index (κ1) is 15.7. The SMILES string of the molecule is CC(C)OCCCNC(=O)C1CCCN1.Cl. The van der Waals surface area contributed by atoms with Crippen molar-refractivity contribution < 1.29 is 9.53 Å². The van der Waals surface area contributed by atoms with Gasteiger partial charge in [0.05, 0.1) is 12.1 Å². The van der Waals surface area contributed by atoms with Gasteiger partial charge in [0.1, 0.15) is 0 Å². The Labute approximate surface area is 104 Å². The number of nitrogens with one attached hydrogen (secondary N) is 2. The predicted molar refractivity (Wildman–Crippen MR) is 67.0 cm³/mol. The Kier molecular flexibility index (Phi) is 8.61. The lowest BCUT2D eigenvalue weighted by Gasteiger charge is -2.11. The molecule has 5 heteroatoms. The van der Waals surface area contributed by atoms with Crippen molar-refractivity contribution in [2.24, 2.45) is 0 Å². The summed E-state index contributed by atoms with van der Waals surface area (Å²) in [5.74, 6) is 0.136. The highest BCUT2D eigenvalue weighted by atomic mass is 35.5. The van der Waals surface area contributed by atoms with Crippen LogP contribution in [-0.2, 0) is 9.53 Å². The lowest BCUT2D eigenvalue weighted by Crippen LogP contribution is -2.40. The van der Waals surface area contributed by atoms with Gasteiger partial charge < -0.3 is 15.4 Å². The van der Waals surface area contributed by atoms with E-state index >= 15 is 0 Å². The lowest BCUT2D eigenvalue weighted by molar-refractivity contribution is -0.122. The van der Waals surface area contributed by atoms with Gasteiger partial charge in [-0.25, -0.2) is 0 Å². The molecule has 0 aromatic carbocycles. The number of hydrogen-bond donors (Lipinski definition) is 2. The van der Waals surface area contributed by atoms with Gasteiger partial charge in [0.15, 0.2) is 0 Å². The third-order valence-electron chi connectivity index (χ3n) is 2.45. The average molecular weight is 251 g/mol. The van der Waals surface area contributed by atoms with Crippen LogP contribution in [0.4, 0.5) is 0 Å². The van der Waals surface area contributed by atoms with E-state index in [0.29, 0.717) is 6.54 Å². The third-order valence-corrected chi connectivity index (χ3v) is 2.45. The zero-order valence-electron chi connectivity index (χ0n) is 10.1. The molecular formula is C11H23ClN2O2. The zero-order chi connectivity index (χ0) is 11.1. The first-order valence-electron chi connectivity index (χ1n) is 5.83. The van der Waals surface area contributed by atoms with Crippen molar-refractivity contribution in [3.63, 3.8) is 0 Å². The molecule has 2 N–H and O–H groups in total. The van der Waals surface area contributed by atoms with Crippen molar-refractivity contribution in [2.75, 3.05) is 19.7 Å². The van der Waals surface area contributed by atoms with E-state index in [1.54, 1.807) is 0 Å². The first-order chi connectivity index (χ1) is 7.20. The summed E-state index contributed by atoms with van der Waals surface area (Å²) in [5.41, 5.74) is 0. The molecule has 1 unspecified atom stereocenters. The monoisotopic (exact) mass is 250 g/mol. The smallest absolute Gasteiger partial charge is 0.237 e. The largest absolute Gasteiger partial charge is 0.379 e. The molecular weight excluding hydrogens is 228 g/mol. The Morgan fingerprint density at radius 1 is 1.56 bits per heavy atom. The minimum Gasteiger partial charge on any atom is -0.379 e. The highest BCUT2D eigenvalue weighted by Gasteiger charge is 2.20. The molecule has 1 atom stereocenters. The van der Waals surface area contributed by atoms with Gasteiger partial charge in [0.25, 0.3) is 0 Å². The number of ether oxygens (including phenoxy) is 1. The molecule has 1 rings (SSSR count). The fraction of sp³-hybridized carbons (Fsp3) is 0.909. The zero-order valence-corrected chi connectivity index (χ0v) is 10.9. The highest BCUT2D eigenvalue weighted by molar-refractivity contribution is 5.85. The molecule has 4 nitrogen and oxygen atoms in total. The van der Waals surface area contributed by atoms with Crippen LogP contribution < -0.4 is 10.6 Å². The molecule has 1 heterocycles. The minimum atomic E-state index is 0. The molecule has 0 saturated carbocycles. The number of hydrogen-bond acceptors (Lipinski definition) is 3. The summed E-state index contributed by atoms with van der Waals surface area (Å²) in [6.45, 7) is 6.43. The van der Waals surface area contributed by atoms with E-state index < -0.39 is 0 Å². The average Bonchev–Trinajstić information content (AvgIpc) is 2.69. The summed E-state index contributed by atoms with van der Waals surface area (Å²) in [6.07, 6.45) is 3.23. The molecule has 0 aliphatic carbocycles. The van der Waals surface area contributed by atoms with Gasteiger partial charge in [0, 0.05) is 13.2 Å². The molecule has 1 amide bonds. The number of amides is 1. The van der Waals surface area contributed by atoms with Crippen LogP contribution in [0.2, 0.25) is 0 Å². The molecule has 1 saturated heterocycles. The molecule has 96 valence electrons. The second-order valence-corrected chi connectivity index (χ2v) is 4.21. The van der Waals surface area contributed by atoms with Crippen molar-refractivity contribution >= 4 is 18.3 Å². The predicted octanol–water partition coefficient (Wildman–Crippen LogP) is 1.09. The van der Waals surface area contributed by atoms with Crippen LogP contribution in [0.25, 0.3) is 0 Å². The van der Waals surface area contributed by atoms with Gasteiger partial charge in [-0.3, -0.25) is 4.79 Å². The van der Waals surface area contributed by atoms with Crippen molar-refractivity contribution in [1.29, 1.82) is 0 Å². The molecule has 1 aliphatic heterocycles. The standard InChI is InChI=1S/C11H22N2O2.ClH/c1-9(2)15-8-4-7-13-11(14)10-5-3-6-12-10;/h9-10,12H,3-8H2,1-2H3,(H,13,14);1H. The fourth-order valence-electron chi connectivity index (χ4n) is 1.63. The summed E-state index contributed by atoms with van der Waals surface area (Å²) in [4.78, 5) is 11.5. The van der Waals surface area contributed by atoms with E-state index in [0.717, 1.165) is 32.4 Å². The fourth-order valence-corrected chi connectivity index (χ4v) is 1.63.